The van der Waals surface area contributed by atoms with E-state index >= 15 is 0 Å². The van der Waals surface area contributed by atoms with Gasteiger partial charge in [-0.05, 0) is 67.5 Å². The topological polar surface area (TPSA) is 150 Å². The molecule has 1 heterocycles. The smallest absolute Gasteiger partial charge is 0.337 e. The van der Waals surface area contributed by atoms with Gasteiger partial charge in [0.05, 0.1) is 23.3 Å². The molecule has 14 heteroatoms. The molecule has 0 unspecified atom stereocenters. The fourth-order valence-electron chi connectivity index (χ4n) is 6.82. The number of para-hydroxylation sites is 1. The summed E-state index contributed by atoms with van der Waals surface area (Å²) in [4.78, 5) is 35.4. The number of nitrogens with one attached hydrogen (secondary N) is 1. The molecular formula is C37H43FN4O8S. The average Bonchev–Trinajstić information content (AvgIpc) is 3.42. The molecule has 1 N–H and O–H groups in total. The lowest BCUT2D eigenvalue weighted by atomic mass is 9.81. The van der Waals surface area contributed by atoms with E-state index in [1.165, 1.54) is 50.9 Å². The van der Waals surface area contributed by atoms with Crippen LogP contribution < -0.4 is 10.1 Å². The molecule has 1 fully saturated rings. The molecule has 1 aliphatic carbocycles. The summed E-state index contributed by atoms with van der Waals surface area (Å²) >= 11 is 0. The third-order valence-electron chi connectivity index (χ3n) is 9.45. The molecule has 3 aromatic carbocycles. The van der Waals surface area contributed by atoms with Crippen LogP contribution in [0.15, 0.2) is 65.6 Å². The minimum Gasteiger partial charge on any atom is -0.483 e. The van der Waals surface area contributed by atoms with E-state index in [4.69, 9.17) is 9.47 Å². The highest BCUT2D eigenvalue weighted by molar-refractivity contribution is 7.89. The zero-order chi connectivity index (χ0) is 36.7. The number of benzene rings is 3. The molecule has 0 spiro atoms. The van der Waals surface area contributed by atoms with Crippen LogP contribution in [0.3, 0.4) is 0 Å². The van der Waals surface area contributed by atoms with Crippen LogP contribution in [-0.4, -0.2) is 67.9 Å². The normalized spacial score (nSPS) is 13.7. The van der Waals surface area contributed by atoms with Crippen molar-refractivity contribution in [1.29, 1.82) is 0 Å². The van der Waals surface area contributed by atoms with Gasteiger partial charge in [-0.25, -0.2) is 21.9 Å². The summed E-state index contributed by atoms with van der Waals surface area (Å²) in [6, 6.07) is 15.0. The van der Waals surface area contributed by atoms with Gasteiger partial charge in [-0.15, -0.1) is 0 Å². The van der Waals surface area contributed by atoms with Crippen LogP contribution in [0.2, 0.25) is 0 Å². The van der Waals surface area contributed by atoms with E-state index in [0.717, 1.165) is 58.2 Å². The Labute approximate surface area is 296 Å². The molecule has 51 heavy (non-hydrogen) atoms. The highest BCUT2D eigenvalue weighted by Gasteiger charge is 2.30. The number of ether oxygens (including phenoxy) is 2. The fraction of sp³-hybridized carbons (Fsp3) is 0.405. The Balaban J connectivity index is 1.22. The van der Waals surface area contributed by atoms with Crippen molar-refractivity contribution < 1.29 is 36.8 Å². The van der Waals surface area contributed by atoms with Crippen molar-refractivity contribution in [2.45, 2.75) is 62.2 Å². The molecule has 272 valence electrons. The number of hydrogen-bond acceptors (Lipinski definition) is 8. The summed E-state index contributed by atoms with van der Waals surface area (Å²) in [7, 11) is 0.576. The van der Waals surface area contributed by atoms with Crippen LogP contribution in [0.1, 0.15) is 73.2 Å². The maximum Gasteiger partial charge on any atom is 0.337 e. The molecule has 0 saturated heterocycles. The number of carbonyl (C=O) groups excluding carboxylic acids is 2. The highest BCUT2D eigenvalue weighted by Crippen LogP contribution is 2.46. The number of halogens is 1. The SMILES string of the molecule is COC(=O)c1ccc2c(C3CCCCC3)c(-c3ccc(F)cc3OCC(=O)NCCCCCN(C)S(=O)(=O)c3ccccc3[N+](=O)[O-])n(C)c2c1. The van der Waals surface area contributed by atoms with Crippen LogP contribution in [-0.2, 0) is 26.6 Å². The Morgan fingerprint density at radius 3 is 2.51 bits per heavy atom. The Hall–Kier alpha value is -4.82. The fourth-order valence-corrected chi connectivity index (χ4v) is 8.19. The summed E-state index contributed by atoms with van der Waals surface area (Å²) < 4.78 is 54.4. The third kappa shape index (κ3) is 8.39. The van der Waals surface area contributed by atoms with Crippen molar-refractivity contribution in [3.05, 3.63) is 87.7 Å². The second-order valence-corrected chi connectivity index (χ2v) is 14.8. The summed E-state index contributed by atoms with van der Waals surface area (Å²) in [5.74, 6) is -0.849. The van der Waals surface area contributed by atoms with Gasteiger partial charge in [0.25, 0.3) is 11.6 Å². The lowest BCUT2D eigenvalue weighted by Crippen LogP contribution is -2.30. The van der Waals surface area contributed by atoms with E-state index in [9.17, 15) is 32.5 Å². The van der Waals surface area contributed by atoms with E-state index < -0.39 is 38.3 Å². The first kappa shape index (κ1) is 37.4. The van der Waals surface area contributed by atoms with Crippen LogP contribution in [0.4, 0.5) is 10.1 Å². The van der Waals surface area contributed by atoms with Crippen molar-refractivity contribution in [3.8, 4) is 17.0 Å². The molecule has 5 rings (SSSR count). The number of aromatic nitrogens is 1. The van der Waals surface area contributed by atoms with E-state index in [2.05, 4.69) is 5.32 Å². The second-order valence-electron chi connectivity index (χ2n) is 12.8. The monoisotopic (exact) mass is 722 g/mol. The zero-order valence-corrected chi connectivity index (χ0v) is 29.8. The van der Waals surface area contributed by atoms with Gasteiger partial charge in [-0.2, -0.15) is 0 Å². The summed E-state index contributed by atoms with van der Waals surface area (Å²) in [5.41, 5.74) is 3.40. The highest BCUT2D eigenvalue weighted by atomic mass is 32.2. The molecule has 1 aromatic heterocycles. The summed E-state index contributed by atoms with van der Waals surface area (Å²) in [6.07, 6.45) is 7.01. The number of methoxy groups -OCH3 is 1. The quantitative estimate of drug-likeness (QED) is 0.0616. The molecule has 1 saturated carbocycles. The number of unbranched alkanes of at least 4 members (excludes halogenated alkanes) is 2. The Kier molecular flexibility index (Phi) is 12.1. The molecule has 0 radical (unpaired) electrons. The zero-order valence-electron chi connectivity index (χ0n) is 29.0. The van der Waals surface area contributed by atoms with Crippen LogP contribution in [0.5, 0.6) is 5.75 Å². The minimum absolute atomic E-state index is 0.148. The second kappa shape index (κ2) is 16.5. The van der Waals surface area contributed by atoms with Crippen molar-refractivity contribution in [2.24, 2.45) is 7.05 Å². The molecule has 1 amide bonds. The predicted molar refractivity (Wildman–Crippen MR) is 191 cm³/mol. The molecule has 0 atom stereocenters. The first-order valence-corrected chi connectivity index (χ1v) is 18.5. The van der Waals surface area contributed by atoms with E-state index in [1.807, 2.05) is 17.7 Å². The minimum atomic E-state index is -4.05. The van der Waals surface area contributed by atoms with Gasteiger partial charge in [0.2, 0.25) is 10.0 Å². The number of nitro benzene ring substituents is 1. The van der Waals surface area contributed by atoms with Crippen LogP contribution >= 0.6 is 0 Å². The number of aryl methyl sites for hydroxylation is 1. The maximum absolute atomic E-state index is 14.6. The lowest BCUT2D eigenvalue weighted by Gasteiger charge is -2.24. The van der Waals surface area contributed by atoms with E-state index in [-0.39, 0.29) is 29.7 Å². The average molecular weight is 723 g/mol. The van der Waals surface area contributed by atoms with Gasteiger partial charge in [-0.3, -0.25) is 14.9 Å². The molecule has 0 bridgehead atoms. The number of rotatable bonds is 15. The molecule has 1 aliphatic rings. The largest absolute Gasteiger partial charge is 0.483 e. The number of esters is 1. The van der Waals surface area contributed by atoms with Crippen molar-refractivity contribution >= 4 is 38.5 Å². The number of hydrogen-bond donors (Lipinski definition) is 1. The number of sulfonamides is 1. The van der Waals surface area contributed by atoms with Gasteiger partial charge < -0.3 is 19.4 Å². The number of nitrogens with zero attached hydrogens (tertiary/aromatic N) is 3. The van der Waals surface area contributed by atoms with Gasteiger partial charge in [0.1, 0.15) is 11.6 Å². The van der Waals surface area contributed by atoms with Crippen LogP contribution in [0, 0.1) is 15.9 Å². The Bertz CT molecular complexity index is 2020. The standard InChI is InChI=1S/C37H43FN4O8S/c1-40(51(47,48)33-15-9-8-14-30(33)42(45)46)21-11-5-10-20-39-34(43)24-50-32-23-27(38)17-19-29(32)36-35(25-12-6-4-7-13-25)28-18-16-26(37(44)49-3)22-31(28)41(36)2/h8-9,14-19,22-23,25H,4-7,10-13,20-21,24H2,1-3H3,(H,39,43). The Morgan fingerprint density at radius 2 is 1.78 bits per heavy atom. The molecule has 12 nitrogen and oxygen atoms in total. The van der Waals surface area contributed by atoms with Crippen molar-refractivity contribution in [3.63, 3.8) is 0 Å². The number of amides is 1. The Morgan fingerprint density at radius 1 is 1.04 bits per heavy atom. The lowest BCUT2D eigenvalue weighted by molar-refractivity contribution is -0.387. The first-order valence-electron chi connectivity index (χ1n) is 17.0. The van der Waals surface area contributed by atoms with E-state index in [1.54, 1.807) is 18.2 Å². The van der Waals surface area contributed by atoms with Crippen LogP contribution in [0.25, 0.3) is 22.2 Å². The van der Waals surface area contributed by atoms with Crippen molar-refractivity contribution in [2.75, 3.05) is 33.9 Å². The molecule has 0 aliphatic heterocycles. The number of fused-ring (bicyclic) bond motifs is 1. The van der Waals surface area contributed by atoms with Gasteiger partial charge in [-0.1, -0.05) is 43.9 Å². The molecular weight excluding hydrogens is 679 g/mol. The van der Waals surface area contributed by atoms with Gasteiger partial charge in [0.15, 0.2) is 11.5 Å². The summed E-state index contributed by atoms with van der Waals surface area (Å²) in [6.45, 7) is 0.119. The van der Waals surface area contributed by atoms with Gasteiger partial charge in [0, 0.05) is 55.8 Å². The number of carbonyl (C=O) groups is 2. The first-order chi connectivity index (χ1) is 24.4. The van der Waals surface area contributed by atoms with Gasteiger partial charge >= 0.3 is 5.97 Å². The summed E-state index contributed by atoms with van der Waals surface area (Å²) in [5, 5.41) is 15.1. The predicted octanol–water partition coefficient (Wildman–Crippen LogP) is 6.71. The molecule has 4 aromatic rings. The van der Waals surface area contributed by atoms with Crippen molar-refractivity contribution in [1.82, 2.24) is 14.2 Å². The third-order valence-corrected chi connectivity index (χ3v) is 11.4. The number of nitro groups is 1. The van der Waals surface area contributed by atoms with E-state index in [0.29, 0.717) is 36.9 Å². The maximum atomic E-state index is 14.6.